The number of nitrogens with zero attached hydrogens (tertiary/aromatic N) is 3. The van der Waals surface area contributed by atoms with E-state index < -0.39 is 0 Å². The standard InChI is InChI=1S/C20H17F2N3OS/c21-15-5-3-4-14(12-15)17-13-19(27-23-17)20(26)25-10-8-24(9-11-25)18-7-2-1-6-16(18)22/h1-7,12-13H,8-11H2. The molecule has 0 N–H and O–H groups in total. The first-order valence-electron chi connectivity index (χ1n) is 8.63. The molecule has 0 atom stereocenters. The lowest BCUT2D eigenvalue weighted by Gasteiger charge is -2.36. The van der Waals surface area contributed by atoms with E-state index in [1.54, 1.807) is 41.3 Å². The second-order valence-corrected chi connectivity index (χ2v) is 7.12. The van der Waals surface area contributed by atoms with E-state index >= 15 is 0 Å². The maximum atomic E-state index is 13.9. The number of amides is 1. The molecule has 1 saturated heterocycles. The number of carbonyl (C=O) groups excluding carboxylic acids is 1. The summed E-state index contributed by atoms with van der Waals surface area (Å²) in [6.45, 7) is 2.17. The third kappa shape index (κ3) is 3.68. The molecule has 1 amide bonds. The zero-order chi connectivity index (χ0) is 18.8. The molecule has 2 heterocycles. The van der Waals surface area contributed by atoms with Crippen molar-refractivity contribution >= 4 is 23.1 Å². The number of benzene rings is 2. The molecule has 138 valence electrons. The van der Waals surface area contributed by atoms with Crippen molar-refractivity contribution in [2.75, 3.05) is 31.1 Å². The van der Waals surface area contributed by atoms with Gasteiger partial charge in [-0.2, -0.15) is 4.37 Å². The van der Waals surface area contributed by atoms with Crippen molar-refractivity contribution in [3.63, 3.8) is 0 Å². The Bertz CT molecular complexity index is 967. The Morgan fingerprint density at radius 1 is 0.963 bits per heavy atom. The lowest BCUT2D eigenvalue weighted by molar-refractivity contribution is 0.0751. The molecule has 0 aliphatic carbocycles. The van der Waals surface area contributed by atoms with E-state index in [9.17, 15) is 13.6 Å². The van der Waals surface area contributed by atoms with Gasteiger partial charge in [0.15, 0.2) is 0 Å². The average Bonchev–Trinajstić information content (AvgIpc) is 3.18. The van der Waals surface area contributed by atoms with Crippen LogP contribution in [0.3, 0.4) is 0 Å². The molecule has 0 bridgehead atoms. The van der Waals surface area contributed by atoms with Crippen LogP contribution in [-0.4, -0.2) is 41.4 Å². The van der Waals surface area contributed by atoms with E-state index in [0.29, 0.717) is 48.0 Å². The van der Waals surface area contributed by atoms with Gasteiger partial charge < -0.3 is 9.80 Å². The Morgan fingerprint density at radius 3 is 2.48 bits per heavy atom. The molecular weight excluding hydrogens is 368 g/mol. The first-order chi connectivity index (χ1) is 13.1. The normalized spacial score (nSPS) is 14.4. The average molecular weight is 385 g/mol. The van der Waals surface area contributed by atoms with Gasteiger partial charge in [0.05, 0.1) is 11.4 Å². The highest BCUT2D eigenvalue weighted by Crippen LogP contribution is 2.25. The molecule has 3 aromatic rings. The number of carbonyl (C=O) groups is 1. The van der Waals surface area contributed by atoms with Crippen LogP contribution >= 0.6 is 11.5 Å². The molecule has 1 aliphatic rings. The van der Waals surface area contributed by atoms with Crippen molar-refractivity contribution in [2.45, 2.75) is 0 Å². The molecule has 1 fully saturated rings. The minimum atomic E-state index is -0.336. The second kappa shape index (κ2) is 7.44. The van der Waals surface area contributed by atoms with Crippen molar-refractivity contribution in [1.82, 2.24) is 9.27 Å². The third-order valence-corrected chi connectivity index (χ3v) is 5.38. The van der Waals surface area contributed by atoms with E-state index in [1.165, 1.54) is 18.2 Å². The maximum absolute atomic E-state index is 13.9. The number of hydrogen-bond donors (Lipinski definition) is 0. The summed E-state index contributed by atoms with van der Waals surface area (Å²) in [5.41, 5.74) is 1.80. The van der Waals surface area contributed by atoms with Gasteiger partial charge in [0.2, 0.25) is 0 Å². The number of halogens is 2. The summed E-state index contributed by atoms with van der Waals surface area (Å²) >= 11 is 1.11. The molecule has 7 heteroatoms. The summed E-state index contributed by atoms with van der Waals surface area (Å²) in [7, 11) is 0. The molecule has 2 aromatic carbocycles. The number of anilines is 1. The van der Waals surface area contributed by atoms with Crippen LogP contribution < -0.4 is 4.90 Å². The number of piperazine rings is 1. The van der Waals surface area contributed by atoms with E-state index in [4.69, 9.17) is 0 Å². The zero-order valence-corrected chi connectivity index (χ0v) is 15.3. The summed E-state index contributed by atoms with van der Waals surface area (Å²) in [5, 5.41) is 0. The van der Waals surface area contributed by atoms with Gasteiger partial charge in [-0.15, -0.1) is 0 Å². The monoisotopic (exact) mass is 385 g/mol. The highest BCUT2D eigenvalue weighted by atomic mass is 32.1. The SMILES string of the molecule is O=C(c1cc(-c2cccc(F)c2)ns1)N1CCN(c2ccccc2F)CC1. The minimum Gasteiger partial charge on any atom is -0.366 e. The van der Waals surface area contributed by atoms with Crippen LogP contribution in [-0.2, 0) is 0 Å². The van der Waals surface area contributed by atoms with Gasteiger partial charge in [-0.3, -0.25) is 4.79 Å². The third-order valence-electron chi connectivity index (χ3n) is 4.60. The molecule has 0 saturated carbocycles. The highest BCUT2D eigenvalue weighted by molar-refractivity contribution is 7.08. The Hall–Kier alpha value is -2.80. The summed E-state index contributed by atoms with van der Waals surface area (Å²) in [5.74, 6) is -0.680. The molecule has 4 rings (SSSR count). The van der Waals surface area contributed by atoms with Gasteiger partial charge in [0, 0.05) is 31.7 Å². The maximum Gasteiger partial charge on any atom is 0.265 e. The van der Waals surface area contributed by atoms with Gasteiger partial charge >= 0.3 is 0 Å². The molecule has 1 aliphatic heterocycles. The van der Waals surface area contributed by atoms with Crippen LogP contribution in [0.4, 0.5) is 14.5 Å². The first kappa shape index (κ1) is 17.6. The predicted octanol–water partition coefficient (Wildman–Crippen LogP) is 4.05. The van der Waals surface area contributed by atoms with Crippen molar-refractivity contribution in [1.29, 1.82) is 0 Å². The minimum absolute atomic E-state index is 0.0941. The summed E-state index contributed by atoms with van der Waals surface area (Å²) < 4.78 is 31.6. The molecule has 0 spiro atoms. The molecule has 27 heavy (non-hydrogen) atoms. The molecule has 0 unspecified atom stereocenters. The Labute approximate surface area is 159 Å². The van der Waals surface area contributed by atoms with Crippen molar-refractivity contribution < 1.29 is 13.6 Å². The fraction of sp³-hybridized carbons (Fsp3) is 0.200. The molecule has 4 nitrogen and oxygen atoms in total. The summed E-state index contributed by atoms with van der Waals surface area (Å²) in [6.07, 6.45) is 0. The van der Waals surface area contributed by atoms with E-state index in [-0.39, 0.29) is 17.5 Å². The number of para-hydroxylation sites is 1. The van der Waals surface area contributed by atoms with Crippen LogP contribution in [0.5, 0.6) is 0 Å². The Kier molecular flexibility index (Phi) is 4.85. The van der Waals surface area contributed by atoms with Crippen molar-refractivity contribution in [3.05, 3.63) is 71.1 Å². The topological polar surface area (TPSA) is 36.4 Å². The van der Waals surface area contributed by atoms with Gasteiger partial charge in [-0.1, -0.05) is 24.3 Å². The van der Waals surface area contributed by atoms with E-state index in [1.807, 2.05) is 4.90 Å². The fourth-order valence-corrected chi connectivity index (χ4v) is 3.90. The van der Waals surface area contributed by atoms with Gasteiger partial charge in [-0.05, 0) is 41.9 Å². The number of hydrogen-bond acceptors (Lipinski definition) is 4. The molecule has 0 radical (unpaired) electrons. The van der Waals surface area contributed by atoms with E-state index in [2.05, 4.69) is 4.37 Å². The number of rotatable bonds is 3. The van der Waals surface area contributed by atoms with Crippen LogP contribution in [0.25, 0.3) is 11.3 Å². The predicted molar refractivity (Wildman–Crippen MR) is 102 cm³/mol. The largest absolute Gasteiger partial charge is 0.366 e. The van der Waals surface area contributed by atoms with Crippen LogP contribution in [0, 0.1) is 11.6 Å². The van der Waals surface area contributed by atoms with Gasteiger partial charge in [0.25, 0.3) is 5.91 Å². The van der Waals surface area contributed by atoms with Gasteiger partial charge in [-0.25, -0.2) is 8.78 Å². The highest BCUT2D eigenvalue weighted by Gasteiger charge is 2.25. The quantitative estimate of drug-likeness (QED) is 0.683. The lowest BCUT2D eigenvalue weighted by atomic mass is 10.1. The fourth-order valence-electron chi connectivity index (χ4n) is 3.17. The van der Waals surface area contributed by atoms with Crippen molar-refractivity contribution in [3.8, 4) is 11.3 Å². The molecule has 1 aromatic heterocycles. The lowest BCUT2D eigenvalue weighted by Crippen LogP contribution is -2.48. The summed E-state index contributed by atoms with van der Waals surface area (Å²) in [6, 6.07) is 14.5. The molecular formula is C20H17F2N3OS. The smallest absolute Gasteiger partial charge is 0.265 e. The van der Waals surface area contributed by atoms with Gasteiger partial charge in [0.1, 0.15) is 16.5 Å². The van der Waals surface area contributed by atoms with E-state index in [0.717, 1.165) is 11.5 Å². The van der Waals surface area contributed by atoms with Crippen molar-refractivity contribution in [2.24, 2.45) is 0 Å². The van der Waals surface area contributed by atoms with Crippen LogP contribution in [0.1, 0.15) is 9.67 Å². The second-order valence-electron chi connectivity index (χ2n) is 6.32. The Balaban J connectivity index is 1.43. The first-order valence-corrected chi connectivity index (χ1v) is 9.40. The van der Waals surface area contributed by atoms with Crippen LogP contribution in [0.15, 0.2) is 54.6 Å². The Morgan fingerprint density at radius 2 is 1.74 bits per heavy atom. The zero-order valence-electron chi connectivity index (χ0n) is 14.4. The number of aromatic nitrogens is 1. The summed E-state index contributed by atoms with van der Waals surface area (Å²) in [4.78, 5) is 17.0. The van der Waals surface area contributed by atoms with Crippen LogP contribution in [0.2, 0.25) is 0 Å².